The summed E-state index contributed by atoms with van der Waals surface area (Å²) >= 11 is 0. The molecule has 0 aliphatic carbocycles. The first-order chi connectivity index (χ1) is 8.19. The third-order valence-corrected chi connectivity index (χ3v) is 2.90. The number of aryl methyl sites for hydroxylation is 1. The van der Waals surface area contributed by atoms with Crippen molar-refractivity contribution < 1.29 is 0 Å². The fraction of sp³-hybridized carbons (Fsp3) is 0.500. The number of hydrogen-bond acceptors (Lipinski definition) is 2. The molecule has 0 spiro atoms. The molecule has 1 aromatic carbocycles. The van der Waals surface area contributed by atoms with Crippen LogP contribution in [0, 0.1) is 0 Å². The third-order valence-electron chi connectivity index (χ3n) is 2.90. The summed E-state index contributed by atoms with van der Waals surface area (Å²) in [6.45, 7) is 7.49. The van der Waals surface area contributed by atoms with E-state index in [1.807, 2.05) is 0 Å². The lowest BCUT2D eigenvalue weighted by molar-refractivity contribution is 0.590. The lowest BCUT2D eigenvalue weighted by Gasteiger charge is -2.07. The Morgan fingerprint density at radius 2 is 2.18 bits per heavy atom. The van der Waals surface area contributed by atoms with E-state index in [0.717, 1.165) is 36.2 Å². The Labute approximate surface area is 103 Å². The first-order valence-corrected chi connectivity index (χ1v) is 6.40. The van der Waals surface area contributed by atoms with Gasteiger partial charge in [-0.3, -0.25) is 0 Å². The molecule has 0 amide bonds. The standard InChI is InChI=1S/C14H21N3/c1-4-14-16-12-6-5-11(9-13(12)17-14)7-8-15-10(2)3/h5-6,9-10,15H,4,7-8H2,1-3H3,(H,16,17). The largest absolute Gasteiger partial charge is 0.342 e. The fourth-order valence-corrected chi connectivity index (χ4v) is 1.94. The number of benzene rings is 1. The predicted octanol–water partition coefficient (Wildman–Crippen LogP) is 2.67. The molecule has 0 radical (unpaired) electrons. The predicted molar refractivity (Wildman–Crippen MR) is 72.3 cm³/mol. The summed E-state index contributed by atoms with van der Waals surface area (Å²) in [6, 6.07) is 7.04. The summed E-state index contributed by atoms with van der Waals surface area (Å²) in [4.78, 5) is 7.86. The summed E-state index contributed by atoms with van der Waals surface area (Å²) in [5.41, 5.74) is 3.59. The second-order valence-electron chi connectivity index (χ2n) is 4.75. The SMILES string of the molecule is CCc1nc2ccc(CCNC(C)C)cc2[nH]1. The van der Waals surface area contributed by atoms with Crippen LogP contribution < -0.4 is 5.32 Å². The topological polar surface area (TPSA) is 40.7 Å². The molecule has 1 heterocycles. The second-order valence-corrected chi connectivity index (χ2v) is 4.75. The summed E-state index contributed by atoms with van der Waals surface area (Å²) in [6.07, 6.45) is 2.02. The lowest BCUT2D eigenvalue weighted by Crippen LogP contribution is -2.24. The molecule has 0 unspecified atom stereocenters. The van der Waals surface area contributed by atoms with E-state index in [-0.39, 0.29) is 0 Å². The van der Waals surface area contributed by atoms with Crippen molar-refractivity contribution in [1.82, 2.24) is 15.3 Å². The van der Waals surface area contributed by atoms with Crippen molar-refractivity contribution in [2.24, 2.45) is 0 Å². The number of aromatic nitrogens is 2. The van der Waals surface area contributed by atoms with Gasteiger partial charge >= 0.3 is 0 Å². The van der Waals surface area contributed by atoms with Gasteiger partial charge in [0.05, 0.1) is 11.0 Å². The van der Waals surface area contributed by atoms with Gasteiger partial charge < -0.3 is 10.3 Å². The first kappa shape index (κ1) is 12.1. The van der Waals surface area contributed by atoms with Gasteiger partial charge in [0.2, 0.25) is 0 Å². The molecule has 3 nitrogen and oxygen atoms in total. The van der Waals surface area contributed by atoms with Gasteiger partial charge in [-0.05, 0) is 30.7 Å². The van der Waals surface area contributed by atoms with E-state index in [2.05, 4.69) is 54.3 Å². The van der Waals surface area contributed by atoms with Crippen LogP contribution in [0.25, 0.3) is 11.0 Å². The monoisotopic (exact) mass is 231 g/mol. The highest BCUT2D eigenvalue weighted by atomic mass is 14.9. The van der Waals surface area contributed by atoms with E-state index in [1.54, 1.807) is 0 Å². The molecule has 17 heavy (non-hydrogen) atoms. The van der Waals surface area contributed by atoms with Gasteiger partial charge in [0, 0.05) is 12.5 Å². The number of hydrogen-bond donors (Lipinski definition) is 2. The fourth-order valence-electron chi connectivity index (χ4n) is 1.94. The molecule has 0 bridgehead atoms. The molecule has 2 aromatic rings. The Morgan fingerprint density at radius 3 is 2.88 bits per heavy atom. The van der Waals surface area contributed by atoms with E-state index in [9.17, 15) is 0 Å². The number of nitrogens with one attached hydrogen (secondary N) is 2. The smallest absolute Gasteiger partial charge is 0.106 e. The van der Waals surface area contributed by atoms with Crippen molar-refractivity contribution in [2.75, 3.05) is 6.54 Å². The molecular formula is C14H21N3. The molecule has 3 heteroatoms. The zero-order chi connectivity index (χ0) is 12.3. The van der Waals surface area contributed by atoms with Gasteiger partial charge in [-0.1, -0.05) is 26.8 Å². The minimum absolute atomic E-state index is 0.553. The maximum Gasteiger partial charge on any atom is 0.106 e. The van der Waals surface area contributed by atoms with Crippen LogP contribution in [0.15, 0.2) is 18.2 Å². The normalized spacial score (nSPS) is 11.5. The average molecular weight is 231 g/mol. The molecule has 92 valence electrons. The van der Waals surface area contributed by atoms with Crippen LogP contribution in [0.3, 0.4) is 0 Å². The zero-order valence-corrected chi connectivity index (χ0v) is 10.9. The van der Waals surface area contributed by atoms with E-state index >= 15 is 0 Å². The van der Waals surface area contributed by atoms with Crippen molar-refractivity contribution >= 4 is 11.0 Å². The minimum Gasteiger partial charge on any atom is -0.342 e. The van der Waals surface area contributed by atoms with Crippen molar-refractivity contribution in [2.45, 2.75) is 39.7 Å². The molecular weight excluding hydrogens is 210 g/mol. The van der Waals surface area contributed by atoms with Crippen LogP contribution >= 0.6 is 0 Å². The quantitative estimate of drug-likeness (QED) is 0.830. The number of nitrogens with zero attached hydrogens (tertiary/aromatic N) is 1. The van der Waals surface area contributed by atoms with Crippen molar-refractivity contribution in [1.29, 1.82) is 0 Å². The van der Waals surface area contributed by atoms with Crippen LogP contribution in [0.2, 0.25) is 0 Å². The van der Waals surface area contributed by atoms with E-state index in [1.165, 1.54) is 5.56 Å². The van der Waals surface area contributed by atoms with Gasteiger partial charge in [-0.15, -0.1) is 0 Å². The maximum absolute atomic E-state index is 4.51. The Morgan fingerprint density at radius 1 is 1.35 bits per heavy atom. The van der Waals surface area contributed by atoms with Gasteiger partial charge in [0.15, 0.2) is 0 Å². The molecule has 0 saturated heterocycles. The summed E-state index contributed by atoms with van der Waals surface area (Å²) in [5, 5.41) is 3.43. The Hall–Kier alpha value is -1.35. The van der Waals surface area contributed by atoms with Crippen molar-refractivity contribution in [3.8, 4) is 0 Å². The number of rotatable bonds is 5. The number of imidazole rings is 1. The molecule has 0 atom stereocenters. The molecule has 0 fully saturated rings. The van der Waals surface area contributed by atoms with Gasteiger partial charge in [0.1, 0.15) is 5.82 Å². The van der Waals surface area contributed by atoms with Crippen molar-refractivity contribution in [3.05, 3.63) is 29.6 Å². The highest BCUT2D eigenvalue weighted by molar-refractivity contribution is 5.75. The maximum atomic E-state index is 4.51. The third kappa shape index (κ3) is 3.07. The Kier molecular flexibility index (Phi) is 3.79. The highest BCUT2D eigenvalue weighted by Crippen LogP contribution is 2.14. The van der Waals surface area contributed by atoms with Crippen LogP contribution in [0.1, 0.15) is 32.2 Å². The lowest BCUT2D eigenvalue weighted by atomic mass is 10.1. The minimum atomic E-state index is 0.553. The van der Waals surface area contributed by atoms with Gasteiger partial charge in [-0.25, -0.2) is 4.98 Å². The number of fused-ring (bicyclic) bond motifs is 1. The van der Waals surface area contributed by atoms with Gasteiger partial charge in [0.25, 0.3) is 0 Å². The van der Waals surface area contributed by atoms with Crippen LogP contribution in [-0.2, 0) is 12.8 Å². The molecule has 0 aliphatic heterocycles. The summed E-state index contributed by atoms with van der Waals surface area (Å²) in [5.74, 6) is 1.07. The average Bonchev–Trinajstić information content (AvgIpc) is 2.70. The van der Waals surface area contributed by atoms with E-state index < -0.39 is 0 Å². The Balaban J connectivity index is 2.08. The summed E-state index contributed by atoms with van der Waals surface area (Å²) in [7, 11) is 0. The molecule has 2 rings (SSSR count). The van der Waals surface area contributed by atoms with E-state index in [4.69, 9.17) is 0 Å². The number of H-pyrrole nitrogens is 1. The van der Waals surface area contributed by atoms with Crippen LogP contribution in [-0.4, -0.2) is 22.6 Å². The first-order valence-electron chi connectivity index (χ1n) is 6.40. The summed E-state index contributed by atoms with van der Waals surface area (Å²) < 4.78 is 0. The molecule has 2 N–H and O–H groups in total. The Bertz CT molecular complexity index is 485. The zero-order valence-electron chi connectivity index (χ0n) is 10.9. The second kappa shape index (κ2) is 5.32. The number of aromatic amines is 1. The van der Waals surface area contributed by atoms with E-state index in [0.29, 0.717) is 6.04 Å². The molecule has 0 saturated carbocycles. The highest BCUT2D eigenvalue weighted by Gasteiger charge is 2.02. The van der Waals surface area contributed by atoms with Crippen LogP contribution in [0.5, 0.6) is 0 Å². The molecule has 1 aromatic heterocycles. The van der Waals surface area contributed by atoms with Gasteiger partial charge in [-0.2, -0.15) is 0 Å². The van der Waals surface area contributed by atoms with Crippen LogP contribution in [0.4, 0.5) is 0 Å². The molecule has 0 aliphatic rings. The van der Waals surface area contributed by atoms with Crippen molar-refractivity contribution in [3.63, 3.8) is 0 Å².